The normalized spacial score (nSPS) is 10.4. The molecule has 6 nitrogen and oxygen atoms in total. The molecular weight excluding hydrogens is 286 g/mol. The molecular formula is C11H11N3O3S2. The van der Waals surface area contributed by atoms with E-state index in [0.717, 1.165) is 5.01 Å². The number of aryl methyl sites for hydroxylation is 2. The Morgan fingerprint density at radius 2 is 2.11 bits per heavy atom. The molecule has 19 heavy (non-hydrogen) atoms. The highest BCUT2D eigenvalue weighted by Crippen LogP contribution is 2.17. The van der Waals surface area contributed by atoms with Crippen LogP contribution in [-0.2, 0) is 6.54 Å². The Hall–Kier alpha value is -1.80. The first kappa shape index (κ1) is 13.6. The van der Waals surface area contributed by atoms with E-state index in [0.29, 0.717) is 15.6 Å². The van der Waals surface area contributed by atoms with Crippen LogP contribution in [0.4, 0.5) is 0 Å². The zero-order valence-corrected chi connectivity index (χ0v) is 11.9. The molecule has 0 aliphatic heterocycles. The van der Waals surface area contributed by atoms with E-state index < -0.39 is 5.97 Å². The lowest BCUT2D eigenvalue weighted by Crippen LogP contribution is -2.22. The fourth-order valence-corrected chi connectivity index (χ4v) is 3.01. The van der Waals surface area contributed by atoms with Crippen LogP contribution in [-0.4, -0.2) is 27.0 Å². The van der Waals surface area contributed by atoms with E-state index in [9.17, 15) is 9.59 Å². The topological polar surface area (TPSA) is 92.2 Å². The maximum absolute atomic E-state index is 11.9. The monoisotopic (exact) mass is 297 g/mol. The van der Waals surface area contributed by atoms with Gasteiger partial charge in [-0.3, -0.25) is 4.79 Å². The van der Waals surface area contributed by atoms with Crippen molar-refractivity contribution in [3.05, 3.63) is 31.7 Å². The van der Waals surface area contributed by atoms with Crippen LogP contribution < -0.4 is 5.32 Å². The Balaban J connectivity index is 2.00. The highest BCUT2D eigenvalue weighted by atomic mass is 32.1. The van der Waals surface area contributed by atoms with Gasteiger partial charge in [0.15, 0.2) is 5.69 Å². The molecule has 8 heteroatoms. The molecule has 0 atom stereocenters. The summed E-state index contributed by atoms with van der Waals surface area (Å²) in [5, 5.41) is 14.3. The lowest BCUT2D eigenvalue weighted by molar-refractivity contribution is 0.0691. The number of amides is 1. The summed E-state index contributed by atoms with van der Waals surface area (Å²) in [6.45, 7) is 3.84. The van der Waals surface area contributed by atoms with E-state index in [1.165, 1.54) is 28.1 Å². The molecule has 1 amide bonds. The summed E-state index contributed by atoms with van der Waals surface area (Å²) in [5.41, 5.74) is 0.699. The Bertz CT molecular complexity index is 633. The van der Waals surface area contributed by atoms with Crippen LogP contribution in [0.5, 0.6) is 0 Å². The van der Waals surface area contributed by atoms with Crippen LogP contribution in [0.3, 0.4) is 0 Å². The molecule has 2 heterocycles. The number of thiazole rings is 2. The maximum atomic E-state index is 11.9. The Morgan fingerprint density at radius 1 is 1.37 bits per heavy atom. The van der Waals surface area contributed by atoms with Crippen LogP contribution in [0.2, 0.25) is 0 Å². The van der Waals surface area contributed by atoms with Crippen molar-refractivity contribution < 1.29 is 14.7 Å². The van der Waals surface area contributed by atoms with E-state index in [4.69, 9.17) is 5.11 Å². The summed E-state index contributed by atoms with van der Waals surface area (Å²) >= 11 is 2.54. The molecule has 2 aromatic rings. The van der Waals surface area contributed by atoms with E-state index in [2.05, 4.69) is 15.3 Å². The number of nitrogens with one attached hydrogen (secondary N) is 1. The number of hydrogen-bond donors (Lipinski definition) is 2. The summed E-state index contributed by atoms with van der Waals surface area (Å²) in [4.78, 5) is 31.2. The Labute approximate surface area is 117 Å². The van der Waals surface area contributed by atoms with Gasteiger partial charge in [0, 0.05) is 5.38 Å². The van der Waals surface area contributed by atoms with Gasteiger partial charge in [-0.1, -0.05) is 0 Å². The van der Waals surface area contributed by atoms with Gasteiger partial charge in [-0.15, -0.1) is 22.7 Å². The average Bonchev–Trinajstić information content (AvgIpc) is 2.93. The second kappa shape index (κ2) is 5.45. The second-order valence-electron chi connectivity index (χ2n) is 3.76. The third kappa shape index (κ3) is 3.15. The number of carboxylic acids is 1. The van der Waals surface area contributed by atoms with Crippen molar-refractivity contribution in [1.82, 2.24) is 15.3 Å². The second-order valence-corrected chi connectivity index (χ2v) is 5.91. The lowest BCUT2D eigenvalue weighted by atomic mass is 10.4. The fourth-order valence-electron chi connectivity index (χ4n) is 1.47. The predicted octanol–water partition coefficient (Wildman–Crippen LogP) is 1.84. The number of carboxylic acid groups (broad SMARTS) is 1. The first-order valence-electron chi connectivity index (χ1n) is 5.37. The molecule has 2 aromatic heterocycles. The Kier molecular flexibility index (Phi) is 3.91. The van der Waals surface area contributed by atoms with Crippen LogP contribution >= 0.6 is 22.7 Å². The summed E-state index contributed by atoms with van der Waals surface area (Å²) in [6.07, 6.45) is 0. The average molecular weight is 297 g/mol. The minimum absolute atomic E-state index is 0.000866. The van der Waals surface area contributed by atoms with Crippen molar-refractivity contribution >= 4 is 34.6 Å². The molecule has 0 radical (unpaired) electrons. The molecule has 0 spiro atoms. The van der Waals surface area contributed by atoms with Crippen LogP contribution in [0, 0.1) is 13.8 Å². The molecule has 100 valence electrons. The summed E-state index contributed by atoms with van der Waals surface area (Å²) in [7, 11) is 0. The maximum Gasteiger partial charge on any atom is 0.355 e. The van der Waals surface area contributed by atoms with Gasteiger partial charge >= 0.3 is 5.97 Å². The number of hydrogen-bond acceptors (Lipinski definition) is 6. The van der Waals surface area contributed by atoms with Gasteiger partial charge in [-0.05, 0) is 13.8 Å². The van der Waals surface area contributed by atoms with Gasteiger partial charge in [-0.2, -0.15) is 0 Å². The molecule has 0 aromatic carbocycles. The first-order valence-corrected chi connectivity index (χ1v) is 7.07. The van der Waals surface area contributed by atoms with Gasteiger partial charge in [-0.25, -0.2) is 14.8 Å². The van der Waals surface area contributed by atoms with Crippen molar-refractivity contribution in [2.45, 2.75) is 20.4 Å². The number of carbonyl (C=O) groups excluding carboxylic acids is 1. The van der Waals surface area contributed by atoms with Gasteiger partial charge in [0.05, 0.1) is 17.2 Å². The summed E-state index contributed by atoms with van der Waals surface area (Å²) < 4.78 is 0. The third-order valence-corrected chi connectivity index (χ3v) is 4.20. The standard InChI is InChI=1S/C11H11N3O3S2/c1-5-9(19-6(2)13-5)10(15)12-3-8-14-7(4-18-8)11(16)17/h4H,3H2,1-2H3,(H,12,15)(H,16,17). The van der Waals surface area contributed by atoms with Crippen molar-refractivity contribution in [2.75, 3.05) is 0 Å². The van der Waals surface area contributed by atoms with Crippen LogP contribution in [0.25, 0.3) is 0 Å². The van der Waals surface area contributed by atoms with Gasteiger partial charge in [0.25, 0.3) is 5.91 Å². The van der Waals surface area contributed by atoms with Crippen LogP contribution in [0.1, 0.15) is 35.9 Å². The molecule has 0 aliphatic carbocycles. The number of aromatic nitrogens is 2. The SMILES string of the molecule is Cc1nc(C)c(C(=O)NCc2nc(C(=O)O)cs2)s1. The van der Waals surface area contributed by atoms with Crippen molar-refractivity contribution in [1.29, 1.82) is 0 Å². The predicted molar refractivity (Wildman–Crippen MR) is 71.8 cm³/mol. The third-order valence-electron chi connectivity index (χ3n) is 2.28. The quantitative estimate of drug-likeness (QED) is 0.898. The molecule has 0 saturated carbocycles. The highest BCUT2D eigenvalue weighted by molar-refractivity contribution is 7.13. The zero-order valence-electron chi connectivity index (χ0n) is 10.3. The summed E-state index contributed by atoms with van der Waals surface area (Å²) in [6, 6.07) is 0. The molecule has 0 aliphatic rings. The Morgan fingerprint density at radius 3 is 2.63 bits per heavy atom. The van der Waals surface area contributed by atoms with Crippen molar-refractivity contribution in [3.8, 4) is 0 Å². The zero-order chi connectivity index (χ0) is 14.0. The summed E-state index contributed by atoms with van der Waals surface area (Å²) in [5.74, 6) is -1.28. The minimum atomic E-state index is -1.07. The first-order chi connectivity index (χ1) is 8.97. The van der Waals surface area contributed by atoms with E-state index in [1.54, 1.807) is 6.92 Å². The van der Waals surface area contributed by atoms with E-state index >= 15 is 0 Å². The number of carbonyl (C=O) groups is 2. The molecule has 0 bridgehead atoms. The van der Waals surface area contributed by atoms with E-state index in [-0.39, 0.29) is 18.1 Å². The minimum Gasteiger partial charge on any atom is -0.476 e. The van der Waals surface area contributed by atoms with Gasteiger partial charge < -0.3 is 10.4 Å². The lowest BCUT2D eigenvalue weighted by Gasteiger charge is -2.00. The molecule has 2 rings (SSSR count). The molecule has 0 saturated heterocycles. The van der Waals surface area contributed by atoms with Crippen molar-refractivity contribution in [3.63, 3.8) is 0 Å². The number of rotatable bonds is 4. The van der Waals surface area contributed by atoms with Crippen LogP contribution in [0.15, 0.2) is 5.38 Å². The van der Waals surface area contributed by atoms with Gasteiger partial charge in [0.1, 0.15) is 9.88 Å². The molecule has 0 unspecified atom stereocenters. The smallest absolute Gasteiger partial charge is 0.355 e. The molecule has 2 N–H and O–H groups in total. The van der Waals surface area contributed by atoms with E-state index in [1.807, 2.05) is 6.92 Å². The van der Waals surface area contributed by atoms with Gasteiger partial charge in [0.2, 0.25) is 0 Å². The fraction of sp³-hybridized carbons (Fsp3) is 0.273. The van der Waals surface area contributed by atoms with Crippen molar-refractivity contribution in [2.24, 2.45) is 0 Å². The highest BCUT2D eigenvalue weighted by Gasteiger charge is 2.14. The number of aromatic carboxylic acids is 1. The largest absolute Gasteiger partial charge is 0.476 e. The molecule has 0 fully saturated rings. The number of nitrogens with zero attached hydrogens (tertiary/aromatic N) is 2.